The Bertz CT molecular complexity index is 430. The third-order valence-corrected chi connectivity index (χ3v) is 2.74. The zero-order chi connectivity index (χ0) is 15.7. The summed E-state index contributed by atoms with van der Waals surface area (Å²) in [5.41, 5.74) is 1.27. The number of rotatable bonds is 7. The monoisotopic (exact) mass is 419 g/mol. The lowest BCUT2D eigenvalue weighted by Gasteiger charge is -2.14. The molecule has 0 aliphatic rings. The first-order chi connectivity index (χ1) is 10.0. The van der Waals surface area contributed by atoms with Crippen LogP contribution in [0.15, 0.2) is 29.3 Å². The second-order valence-electron chi connectivity index (χ2n) is 5.62. The van der Waals surface area contributed by atoms with Crippen molar-refractivity contribution < 1.29 is 4.74 Å². The minimum absolute atomic E-state index is 0. The van der Waals surface area contributed by atoms with Crippen LogP contribution in [0.2, 0.25) is 0 Å². The highest BCUT2D eigenvalue weighted by Crippen LogP contribution is 2.14. The number of hydrogen-bond acceptors (Lipinski definition) is 2. The molecule has 0 bridgehead atoms. The summed E-state index contributed by atoms with van der Waals surface area (Å²) in [7, 11) is 0. The molecule has 2 N–H and O–H groups in total. The minimum Gasteiger partial charge on any atom is -0.491 e. The molecule has 0 saturated carbocycles. The summed E-state index contributed by atoms with van der Waals surface area (Å²) >= 11 is 0. The molecular formula is C17H30IN3O. The van der Waals surface area contributed by atoms with Crippen molar-refractivity contribution >= 4 is 29.9 Å². The Morgan fingerprint density at radius 3 is 2.27 bits per heavy atom. The first-order valence-electron chi connectivity index (χ1n) is 7.81. The van der Waals surface area contributed by atoms with Gasteiger partial charge in [-0.25, -0.2) is 0 Å². The number of ether oxygens (including phenoxy) is 1. The molecule has 0 unspecified atom stereocenters. The molecule has 0 heterocycles. The van der Waals surface area contributed by atoms with Gasteiger partial charge < -0.3 is 15.4 Å². The molecule has 0 aliphatic heterocycles. The maximum absolute atomic E-state index is 5.64. The van der Waals surface area contributed by atoms with E-state index in [-0.39, 0.29) is 30.1 Å². The quantitative estimate of drug-likeness (QED) is 0.403. The van der Waals surface area contributed by atoms with Crippen LogP contribution in [0.1, 0.15) is 40.2 Å². The van der Waals surface area contributed by atoms with Crippen molar-refractivity contribution in [2.24, 2.45) is 4.99 Å². The summed E-state index contributed by atoms with van der Waals surface area (Å²) in [6, 6.07) is 8.65. The van der Waals surface area contributed by atoms with E-state index in [2.05, 4.69) is 48.5 Å². The second kappa shape index (κ2) is 11.6. The Morgan fingerprint density at radius 2 is 1.77 bits per heavy atom. The van der Waals surface area contributed by atoms with Gasteiger partial charge in [0.1, 0.15) is 5.75 Å². The van der Waals surface area contributed by atoms with E-state index >= 15 is 0 Å². The van der Waals surface area contributed by atoms with Crippen molar-refractivity contribution in [3.05, 3.63) is 29.8 Å². The van der Waals surface area contributed by atoms with Crippen LogP contribution >= 0.6 is 24.0 Å². The molecule has 0 radical (unpaired) electrons. The molecular weight excluding hydrogens is 389 g/mol. The summed E-state index contributed by atoms with van der Waals surface area (Å²) < 4.78 is 5.64. The summed E-state index contributed by atoms with van der Waals surface area (Å²) in [4.78, 5) is 4.58. The van der Waals surface area contributed by atoms with Crippen molar-refractivity contribution in [2.45, 2.75) is 53.2 Å². The van der Waals surface area contributed by atoms with Crippen LogP contribution in [0.3, 0.4) is 0 Å². The molecule has 0 atom stereocenters. The Balaban J connectivity index is 0.00000441. The third kappa shape index (κ3) is 9.12. The average molecular weight is 419 g/mol. The molecule has 4 nitrogen and oxygen atoms in total. The van der Waals surface area contributed by atoms with Crippen LogP contribution in [0.5, 0.6) is 5.75 Å². The molecule has 0 spiro atoms. The predicted molar refractivity (Wildman–Crippen MR) is 106 cm³/mol. The maximum atomic E-state index is 5.64. The first-order valence-corrected chi connectivity index (χ1v) is 7.81. The molecule has 0 aromatic heterocycles. The molecule has 0 amide bonds. The SMILES string of the molecule is CCNC(=NCCc1ccc(OC(C)C)cc1)NC(C)C.I. The van der Waals surface area contributed by atoms with E-state index in [9.17, 15) is 0 Å². The summed E-state index contributed by atoms with van der Waals surface area (Å²) in [6.45, 7) is 12.0. The van der Waals surface area contributed by atoms with Crippen molar-refractivity contribution in [1.29, 1.82) is 0 Å². The first kappa shape index (κ1) is 21.0. The smallest absolute Gasteiger partial charge is 0.191 e. The number of halogens is 1. The molecule has 1 rings (SSSR count). The fourth-order valence-electron chi connectivity index (χ4n) is 1.90. The summed E-state index contributed by atoms with van der Waals surface area (Å²) in [6.07, 6.45) is 1.14. The van der Waals surface area contributed by atoms with Gasteiger partial charge in [-0.05, 0) is 58.7 Å². The van der Waals surface area contributed by atoms with Gasteiger partial charge in [0.2, 0.25) is 0 Å². The minimum atomic E-state index is 0. The molecule has 126 valence electrons. The number of hydrogen-bond donors (Lipinski definition) is 2. The topological polar surface area (TPSA) is 45.7 Å². The van der Waals surface area contributed by atoms with Gasteiger partial charge in [-0.15, -0.1) is 24.0 Å². The molecule has 0 aliphatic carbocycles. The number of nitrogens with zero attached hydrogens (tertiary/aromatic N) is 1. The van der Waals surface area contributed by atoms with E-state index < -0.39 is 0 Å². The van der Waals surface area contributed by atoms with Crippen LogP contribution in [-0.2, 0) is 6.42 Å². The lowest BCUT2D eigenvalue weighted by atomic mass is 10.1. The van der Waals surface area contributed by atoms with E-state index in [0.717, 1.165) is 31.2 Å². The maximum Gasteiger partial charge on any atom is 0.191 e. The van der Waals surface area contributed by atoms with Crippen molar-refractivity contribution in [3.8, 4) is 5.75 Å². The molecule has 0 fully saturated rings. The van der Waals surface area contributed by atoms with Crippen molar-refractivity contribution in [1.82, 2.24) is 10.6 Å². The Kier molecular flexibility index (Phi) is 11.1. The average Bonchev–Trinajstić information content (AvgIpc) is 2.39. The van der Waals surface area contributed by atoms with Crippen LogP contribution < -0.4 is 15.4 Å². The van der Waals surface area contributed by atoms with Crippen LogP contribution in [0.25, 0.3) is 0 Å². The molecule has 1 aromatic carbocycles. The van der Waals surface area contributed by atoms with Crippen molar-refractivity contribution in [2.75, 3.05) is 13.1 Å². The van der Waals surface area contributed by atoms with Gasteiger partial charge in [-0.2, -0.15) is 0 Å². The van der Waals surface area contributed by atoms with Gasteiger partial charge in [0.05, 0.1) is 6.10 Å². The van der Waals surface area contributed by atoms with Gasteiger partial charge >= 0.3 is 0 Å². The van der Waals surface area contributed by atoms with Gasteiger partial charge in [-0.1, -0.05) is 12.1 Å². The zero-order valence-corrected chi connectivity index (χ0v) is 16.7. The van der Waals surface area contributed by atoms with Crippen LogP contribution in [-0.4, -0.2) is 31.2 Å². The number of aliphatic imine (C=N–C) groups is 1. The fraction of sp³-hybridized carbons (Fsp3) is 0.588. The highest BCUT2D eigenvalue weighted by Gasteiger charge is 2.00. The lowest BCUT2D eigenvalue weighted by Crippen LogP contribution is -2.41. The van der Waals surface area contributed by atoms with Gasteiger partial charge in [0, 0.05) is 19.1 Å². The number of guanidine groups is 1. The Labute approximate surface area is 152 Å². The Morgan fingerprint density at radius 1 is 1.14 bits per heavy atom. The van der Waals surface area contributed by atoms with Gasteiger partial charge in [-0.3, -0.25) is 4.99 Å². The van der Waals surface area contributed by atoms with E-state index in [4.69, 9.17) is 4.74 Å². The van der Waals surface area contributed by atoms with E-state index in [1.807, 2.05) is 26.0 Å². The van der Waals surface area contributed by atoms with Gasteiger partial charge in [0.15, 0.2) is 5.96 Å². The molecule has 22 heavy (non-hydrogen) atoms. The lowest BCUT2D eigenvalue weighted by molar-refractivity contribution is 0.242. The van der Waals surface area contributed by atoms with Crippen LogP contribution in [0.4, 0.5) is 0 Å². The van der Waals surface area contributed by atoms with E-state index in [1.165, 1.54) is 5.56 Å². The normalized spacial score (nSPS) is 11.3. The number of nitrogens with one attached hydrogen (secondary N) is 2. The second-order valence-corrected chi connectivity index (χ2v) is 5.62. The fourth-order valence-corrected chi connectivity index (χ4v) is 1.90. The summed E-state index contributed by atoms with van der Waals surface area (Å²) in [5.74, 6) is 1.80. The Hall–Kier alpha value is -0.980. The van der Waals surface area contributed by atoms with E-state index in [1.54, 1.807) is 0 Å². The molecule has 5 heteroatoms. The molecule has 1 aromatic rings. The predicted octanol–water partition coefficient (Wildman–Crippen LogP) is 3.60. The number of benzene rings is 1. The standard InChI is InChI=1S/C17H29N3O.HI/c1-6-18-17(20-13(2)3)19-12-11-15-7-9-16(10-8-15)21-14(4)5;/h7-10,13-14H,6,11-12H2,1-5H3,(H2,18,19,20);1H. The summed E-state index contributed by atoms with van der Waals surface area (Å²) in [5, 5.41) is 6.57. The van der Waals surface area contributed by atoms with Gasteiger partial charge in [0.25, 0.3) is 0 Å². The molecule has 0 saturated heterocycles. The van der Waals surface area contributed by atoms with Crippen LogP contribution in [0, 0.1) is 0 Å². The highest BCUT2D eigenvalue weighted by atomic mass is 127. The zero-order valence-electron chi connectivity index (χ0n) is 14.3. The third-order valence-electron chi connectivity index (χ3n) is 2.74. The van der Waals surface area contributed by atoms with E-state index in [0.29, 0.717) is 6.04 Å². The van der Waals surface area contributed by atoms with Crippen molar-refractivity contribution in [3.63, 3.8) is 0 Å². The highest BCUT2D eigenvalue weighted by molar-refractivity contribution is 14.0. The largest absolute Gasteiger partial charge is 0.491 e.